The fraction of sp³-hybridized carbons (Fsp3) is 0.231. The Balaban J connectivity index is 2.00. The Kier molecular flexibility index (Phi) is 3.62. The van der Waals surface area contributed by atoms with Crippen LogP contribution in [0.15, 0.2) is 36.9 Å². The van der Waals surface area contributed by atoms with Gasteiger partial charge in [0.1, 0.15) is 12.4 Å². The number of ether oxygens (including phenoxy) is 1. The molecule has 1 aromatic carbocycles. The molecule has 18 heavy (non-hydrogen) atoms. The fourth-order valence-corrected chi connectivity index (χ4v) is 1.57. The van der Waals surface area contributed by atoms with Crippen molar-refractivity contribution in [3.63, 3.8) is 0 Å². The van der Waals surface area contributed by atoms with Crippen LogP contribution in [0, 0.1) is 6.92 Å². The Morgan fingerprint density at radius 3 is 3.00 bits per heavy atom. The van der Waals surface area contributed by atoms with Crippen LogP contribution in [0.25, 0.3) is 0 Å². The third-order valence-corrected chi connectivity index (χ3v) is 2.60. The van der Waals surface area contributed by atoms with Crippen molar-refractivity contribution in [2.75, 3.05) is 6.61 Å². The zero-order valence-electron chi connectivity index (χ0n) is 10.0. The standard InChI is InChI=1S/C13H14N2O3/c1-10-2-3-11(13(16)17)8-12(10)18-7-6-15-5-4-14-9-15/h2-5,8-9H,6-7H2,1H3,(H,16,17). The maximum Gasteiger partial charge on any atom is 0.335 e. The van der Waals surface area contributed by atoms with E-state index in [1.54, 1.807) is 30.7 Å². The second kappa shape index (κ2) is 5.35. The van der Waals surface area contributed by atoms with E-state index < -0.39 is 5.97 Å². The molecule has 0 amide bonds. The van der Waals surface area contributed by atoms with Gasteiger partial charge in [-0.25, -0.2) is 9.78 Å². The predicted molar refractivity (Wildman–Crippen MR) is 65.9 cm³/mol. The molecule has 0 bridgehead atoms. The van der Waals surface area contributed by atoms with Crippen LogP contribution >= 0.6 is 0 Å². The number of hydrogen-bond donors (Lipinski definition) is 1. The molecule has 0 fully saturated rings. The summed E-state index contributed by atoms with van der Waals surface area (Å²) in [4.78, 5) is 14.8. The number of carboxylic acids is 1. The van der Waals surface area contributed by atoms with Crippen molar-refractivity contribution in [3.05, 3.63) is 48.0 Å². The summed E-state index contributed by atoms with van der Waals surface area (Å²) in [5.41, 5.74) is 1.16. The molecular weight excluding hydrogens is 232 g/mol. The molecule has 1 heterocycles. The van der Waals surface area contributed by atoms with E-state index in [1.807, 2.05) is 17.7 Å². The summed E-state index contributed by atoms with van der Waals surface area (Å²) in [7, 11) is 0. The number of aromatic nitrogens is 2. The molecule has 0 spiro atoms. The molecular formula is C13H14N2O3. The van der Waals surface area contributed by atoms with Gasteiger partial charge in [-0.1, -0.05) is 6.07 Å². The molecule has 0 aliphatic heterocycles. The van der Waals surface area contributed by atoms with E-state index in [2.05, 4.69) is 4.98 Å². The third-order valence-electron chi connectivity index (χ3n) is 2.60. The van der Waals surface area contributed by atoms with Gasteiger partial charge in [0, 0.05) is 12.4 Å². The monoisotopic (exact) mass is 246 g/mol. The van der Waals surface area contributed by atoms with E-state index in [4.69, 9.17) is 9.84 Å². The number of rotatable bonds is 5. The first kappa shape index (κ1) is 12.2. The minimum absolute atomic E-state index is 0.234. The van der Waals surface area contributed by atoms with Gasteiger partial charge in [-0.15, -0.1) is 0 Å². The second-order valence-corrected chi connectivity index (χ2v) is 3.93. The van der Waals surface area contributed by atoms with E-state index in [-0.39, 0.29) is 5.56 Å². The van der Waals surface area contributed by atoms with Crippen molar-refractivity contribution in [2.24, 2.45) is 0 Å². The third kappa shape index (κ3) is 2.88. The lowest BCUT2D eigenvalue weighted by atomic mass is 10.1. The number of carboxylic acid groups (broad SMARTS) is 1. The van der Waals surface area contributed by atoms with Crippen LogP contribution in [0.4, 0.5) is 0 Å². The SMILES string of the molecule is Cc1ccc(C(=O)O)cc1OCCn1ccnc1. The number of imidazole rings is 1. The van der Waals surface area contributed by atoms with Gasteiger partial charge < -0.3 is 14.4 Å². The summed E-state index contributed by atoms with van der Waals surface area (Å²) in [5, 5.41) is 8.91. The van der Waals surface area contributed by atoms with Crippen molar-refractivity contribution in [1.29, 1.82) is 0 Å². The van der Waals surface area contributed by atoms with E-state index in [9.17, 15) is 4.79 Å². The largest absolute Gasteiger partial charge is 0.491 e. The van der Waals surface area contributed by atoms with E-state index >= 15 is 0 Å². The van der Waals surface area contributed by atoms with Gasteiger partial charge in [0.2, 0.25) is 0 Å². The van der Waals surface area contributed by atoms with Gasteiger partial charge in [0.15, 0.2) is 0 Å². The zero-order valence-corrected chi connectivity index (χ0v) is 10.0. The Morgan fingerprint density at radius 1 is 1.50 bits per heavy atom. The molecule has 0 aliphatic rings. The van der Waals surface area contributed by atoms with Crippen molar-refractivity contribution in [3.8, 4) is 5.75 Å². The van der Waals surface area contributed by atoms with Crippen LogP contribution in [0.3, 0.4) is 0 Å². The van der Waals surface area contributed by atoms with Crippen molar-refractivity contribution in [1.82, 2.24) is 9.55 Å². The van der Waals surface area contributed by atoms with Gasteiger partial charge in [-0.3, -0.25) is 0 Å². The van der Waals surface area contributed by atoms with E-state index in [0.29, 0.717) is 18.9 Å². The minimum atomic E-state index is -0.950. The van der Waals surface area contributed by atoms with Crippen LogP contribution in [-0.2, 0) is 6.54 Å². The van der Waals surface area contributed by atoms with Crippen LogP contribution < -0.4 is 4.74 Å². The molecule has 1 aromatic heterocycles. The number of benzene rings is 1. The number of aromatic carboxylic acids is 1. The normalized spacial score (nSPS) is 10.3. The number of aryl methyl sites for hydroxylation is 1. The molecule has 0 aliphatic carbocycles. The van der Waals surface area contributed by atoms with E-state index in [0.717, 1.165) is 5.56 Å². The highest BCUT2D eigenvalue weighted by molar-refractivity contribution is 5.88. The lowest BCUT2D eigenvalue weighted by Crippen LogP contribution is -2.08. The molecule has 94 valence electrons. The quantitative estimate of drug-likeness (QED) is 0.876. The summed E-state index contributed by atoms with van der Waals surface area (Å²) in [6.07, 6.45) is 5.27. The van der Waals surface area contributed by atoms with Crippen LogP contribution in [0.1, 0.15) is 15.9 Å². The van der Waals surface area contributed by atoms with Crippen LogP contribution in [0.5, 0.6) is 5.75 Å². The average Bonchev–Trinajstić information content (AvgIpc) is 2.84. The maximum atomic E-state index is 10.9. The van der Waals surface area contributed by atoms with Gasteiger partial charge in [-0.2, -0.15) is 0 Å². The first-order valence-corrected chi connectivity index (χ1v) is 5.59. The molecule has 1 N–H and O–H groups in total. The molecule has 2 rings (SSSR count). The highest BCUT2D eigenvalue weighted by atomic mass is 16.5. The first-order chi connectivity index (χ1) is 8.66. The van der Waals surface area contributed by atoms with Gasteiger partial charge in [0.05, 0.1) is 18.4 Å². The molecule has 0 radical (unpaired) electrons. The first-order valence-electron chi connectivity index (χ1n) is 5.59. The highest BCUT2D eigenvalue weighted by Gasteiger charge is 2.06. The molecule has 0 atom stereocenters. The Bertz CT molecular complexity index is 535. The number of carbonyl (C=O) groups is 1. The summed E-state index contributed by atoms with van der Waals surface area (Å²) in [6, 6.07) is 4.86. The van der Waals surface area contributed by atoms with Crippen LogP contribution in [-0.4, -0.2) is 27.2 Å². The fourth-order valence-electron chi connectivity index (χ4n) is 1.57. The van der Waals surface area contributed by atoms with Gasteiger partial charge in [0.25, 0.3) is 0 Å². The van der Waals surface area contributed by atoms with Gasteiger partial charge >= 0.3 is 5.97 Å². The molecule has 5 nitrogen and oxygen atoms in total. The molecule has 5 heteroatoms. The van der Waals surface area contributed by atoms with Crippen molar-refractivity contribution < 1.29 is 14.6 Å². The average molecular weight is 246 g/mol. The van der Waals surface area contributed by atoms with Crippen molar-refractivity contribution in [2.45, 2.75) is 13.5 Å². The smallest absolute Gasteiger partial charge is 0.335 e. The molecule has 0 saturated heterocycles. The van der Waals surface area contributed by atoms with Crippen molar-refractivity contribution >= 4 is 5.97 Å². The summed E-state index contributed by atoms with van der Waals surface area (Å²) >= 11 is 0. The lowest BCUT2D eigenvalue weighted by Gasteiger charge is -2.10. The lowest BCUT2D eigenvalue weighted by molar-refractivity contribution is 0.0696. The summed E-state index contributed by atoms with van der Waals surface area (Å²) in [6.45, 7) is 3.04. The Labute approximate surface area is 105 Å². The molecule has 2 aromatic rings. The van der Waals surface area contributed by atoms with E-state index in [1.165, 1.54) is 0 Å². The molecule has 0 saturated carbocycles. The molecule has 0 unspecified atom stereocenters. The Morgan fingerprint density at radius 2 is 2.33 bits per heavy atom. The number of nitrogens with zero attached hydrogens (tertiary/aromatic N) is 2. The maximum absolute atomic E-state index is 10.9. The van der Waals surface area contributed by atoms with Crippen LogP contribution in [0.2, 0.25) is 0 Å². The Hall–Kier alpha value is -2.30. The number of hydrogen-bond acceptors (Lipinski definition) is 3. The zero-order chi connectivity index (χ0) is 13.0. The minimum Gasteiger partial charge on any atom is -0.491 e. The topological polar surface area (TPSA) is 64.3 Å². The summed E-state index contributed by atoms with van der Waals surface area (Å²) < 4.78 is 7.49. The second-order valence-electron chi connectivity index (χ2n) is 3.93. The summed E-state index contributed by atoms with van der Waals surface area (Å²) in [5.74, 6) is -0.343. The van der Waals surface area contributed by atoms with Gasteiger partial charge in [-0.05, 0) is 24.6 Å². The predicted octanol–water partition coefficient (Wildman–Crippen LogP) is 1.97. The highest BCUT2D eigenvalue weighted by Crippen LogP contribution is 2.19.